The standard InChI is InChI=1S/C13H24N2/c1-10-12(6-7-14-10)9-15(13-4-5-13)8-11-2-3-11/h10-14H,2-9H2,1H3. The van der Waals surface area contributed by atoms with Gasteiger partial charge in [0.25, 0.3) is 0 Å². The lowest BCUT2D eigenvalue weighted by atomic mass is 10.0. The molecule has 0 aromatic rings. The van der Waals surface area contributed by atoms with Gasteiger partial charge < -0.3 is 5.32 Å². The van der Waals surface area contributed by atoms with Crippen LogP contribution in [-0.2, 0) is 0 Å². The fraction of sp³-hybridized carbons (Fsp3) is 1.00. The van der Waals surface area contributed by atoms with E-state index < -0.39 is 0 Å². The molecule has 1 aliphatic heterocycles. The summed E-state index contributed by atoms with van der Waals surface area (Å²) in [6.07, 6.45) is 7.35. The summed E-state index contributed by atoms with van der Waals surface area (Å²) in [5.41, 5.74) is 0. The Bertz CT molecular complexity index is 221. The van der Waals surface area contributed by atoms with Crippen LogP contribution in [0.1, 0.15) is 39.0 Å². The molecule has 0 aromatic heterocycles. The van der Waals surface area contributed by atoms with Crippen molar-refractivity contribution in [2.75, 3.05) is 19.6 Å². The molecule has 3 rings (SSSR count). The van der Waals surface area contributed by atoms with E-state index in [2.05, 4.69) is 17.1 Å². The Balaban J connectivity index is 1.52. The average Bonchev–Trinajstić information content (AvgIpc) is 3.10. The van der Waals surface area contributed by atoms with Crippen molar-refractivity contribution in [2.45, 2.75) is 51.1 Å². The summed E-state index contributed by atoms with van der Waals surface area (Å²) < 4.78 is 0. The molecular formula is C13H24N2. The van der Waals surface area contributed by atoms with Crippen molar-refractivity contribution in [1.82, 2.24) is 10.2 Å². The number of hydrogen-bond donors (Lipinski definition) is 1. The van der Waals surface area contributed by atoms with Crippen molar-refractivity contribution in [1.29, 1.82) is 0 Å². The molecule has 0 bridgehead atoms. The molecule has 15 heavy (non-hydrogen) atoms. The van der Waals surface area contributed by atoms with E-state index in [1.165, 1.54) is 51.7 Å². The van der Waals surface area contributed by atoms with Crippen molar-refractivity contribution < 1.29 is 0 Å². The highest BCUT2D eigenvalue weighted by Gasteiger charge is 2.36. The molecule has 0 spiro atoms. The van der Waals surface area contributed by atoms with Gasteiger partial charge in [0.2, 0.25) is 0 Å². The van der Waals surface area contributed by atoms with Crippen molar-refractivity contribution in [3.63, 3.8) is 0 Å². The predicted octanol–water partition coefficient (Wildman–Crippen LogP) is 1.86. The number of hydrogen-bond acceptors (Lipinski definition) is 2. The molecule has 0 amide bonds. The van der Waals surface area contributed by atoms with Crippen LogP contribution >= 0.6 is 0 Å². The molecular weight excluding hydrogens is 184 g/mol. The van der Waals surface area contributed by atoms with Crippen LogP contribution in [0.4, 0.5) is 0 Å². The van der Waals surface area contributed by atoms with Crippen molar-refractivity contribution in [3.8, 4) is 0 Å². The predicted molar refractivity (Wildman–Crippen MR) is 62.9 cm³/mol. The van der Waals surface area contributed by atoms with E-state index in [4.69, 9.17) is 0 Å². The topological polar surface area (TPSA) is 15.3 Å². The summed E-state index contributed by atoms with van der Waals surface area (Å²) in [6.45, 7) is 6.39. The van der Waals surface area contributed by atoms with Gasteiger partial charge in [-0.2, -0.15) is 0 Å². The van der Waals surface area contributed by atoms with E-state index in [1.807, 2.05) is 0 Å². The third-order valence-electron chi connectivity index (χ3n) is 4.41. The molecule has 1 heterocycles. The molecule has 2 atom stereocenters. The fourth-order valence-electron chi connectivity index (χ4n) is 2.91. The fourth-order valence-corrected chi connectivity index (χ4v) is 2.91. The van der Waals surface area contributed by atoms with E-state index in [-0.39, 0.29) is 0 Å². The molecule has 86 valence electrons. The van der Waals surface area contributed by atoms with Gasteiger partial charge in [-0.1, -0.05) is 0 Å². The first-order chi connectivity index (χ1) is 7.33. The lowest BCUT2D eigenvalue weighted by Crippen LogP contribution is -2.37. The highest BCUT2D eigenvalue weighted by Crippen LogP contribution is 2.35. The summed E-state index contributed by atoms with van der Waals surface area (Å²) in [5.74, 6) is 1.99. The molecule has 1 saturated heterocycles. The minimum Gasteiger partial charge on any atom is -0.314 e. The Morgan fingerprint density at radius 1 is 1.07 bits per heavy atom. The first kappa shape index (κ1) is 10.1. The minimum absolute atomic E-state index is 0.755. The molecule has 3 aliphatic rings. The van der Waals surface area contributed by atoms with Crippen LogP contribution in [0.15, 0.2) is 0 Å². The Morgan fingerprint density at radius 2 is 1.87 bits per heavy atom. The van der Waals surface area contributed by atoms with Crippen LogP contribution in [0.2, 0.25) is 0 Å². The Kier molecular flexibility index (Phi) is 2.73. The second kappa shape index (κ2) is 4.06. The Morgan fingerprint density at radius 3 is 2.40 bits per heavy atom. The monoisotopic (exact) mass is 208 g/mol. The van der Waals surface area contributed by atoms with Crippen molar-refractivity contribution in [3.05, 3.63) is 0 Å². The van der Waals surface area contributed by atoms with E-state index in [1.54, 1.807) is 0 Å². The third kappa shape index (κ3) is 2.54. The SMILES string of the molecule is CC1NCCC1CN(CC1CC1)C1CC1. The first-order valence-electron chi connectivity index (χ1n) is 6.80. The van der Waals surface area contributed by atoms with Gasteiger partial charge in [-0.05, 0) is 57.4 Å². The lowest BCUT2D eigenvalue weighted by molar-refractivity contribution is 0.206. The van der Waals surface area contributed by atoms with E-state index in [0.717, 1.165) is 23.9 Å². The molecule has 1 N–H and O–H groups in total. The quantitative estimate of drug-likeness (QED) is 0.742. The van der Waals surface area contributed by atoms with Gasteiger partial charge in [-0.15, -0.1) is 0 Å². The zero-order chi connectivity index (χ0) is 10.3. The van der Waals surface area contributed by atoms with E-state index in [0.29, 0.717) is 0 Å². The van der Waals surface area contributed by atoms with Crippen LogP contribution in [0.25, 0.3) is 0 Å². The zero-order valence-corrected chi connectivity index (χ0v) is 9.91. The second-order valence-electron chi connectivity index (χ2n) is 5.92. The van der Waals surface area contributed by atoms with Gasteiger partial charge in [0.05, 0.1) is 0 Å². The average molecular weight is 208 g/mol. The van der Waals surface area contributed by atoms with Gasteiger partial charge in [-0.3, -0.25) is 4.90 Å². The Labute approximate surface area is 93.4 Å². The Hall–Kier alpha value is -0.0800. The molecule has 2 unspecified atom stereocenters. The molecule has 3 fully saturated rings. The maximum Gasteiger partial charge on any atom is 0.00966 e. The normalized spacial score (nSPS) is 36.4. The number of rotatable bonds is 5. The molecule has 2 aliphatic carbocycles. The van der Waals surface area contributed by atoms with Crippen molar-refractivity contribution in [2.24, 2.45) is 11.8 Å². The van der Waals surface area contributed by atoms with Gasteiger partial charge in [0.1, 0.15) is 0 Å². The van der Waals surface area contributed by atoms with Gasteiger partial charge in [0, 0.05) is 25.2 Å². The van der Waals surface area contributed by atoms with Crippen LogP contribution in [-0.4, -0.2) is 36.6 Å². The first-order valence-corrected chi connectivity index (χ1v) is 6.80. The van der Waals surface area contributed by atoms with Gasteiger partial charge >= 0.3 is 0 Å². The van der Waals surface area contributed by atoms with Crippen LogP contribution in [0.5, 0.6) is 0 Å². The second-order valence-corrected chi connectivity index (χ2v) is 5.92. The number of nitrogens with one attached hydrogen (secondary N) is 1. The van der Waals surface area contributed by atoms with Crippen LogP contribution in [0.3, 0.4) is 0 Å². The van der Waals surface area contributed by atoms with Crippen LogP contribution in [0, 0.1) is 11.8 Å². The van der Waals surface area contributed by atoms with Crippen molar-refractivity contribution >= 4 is 0 Å². The smallest absolute Gasteiger partial charge is 0.00966 e. The molecule has 2 heteroatoms. The van der Waals surface area contributed by atoms with Gasteiger partial charge in [-0.25, -0.2) is 0 Å². The molecule has 0 aromatic carbocycles. The van der Waals surface area contributed by atoms with Gasteiger partial charge in [0.15, 0.2) is 0 Å². The molecule has 2 nitrogen and oxygen atoms in total. The van der Waals surface area contributed by atoms with E-state index >= 15 is 0 Å². The third-order valence-corrected chi connectivity index (χ3v) is 4.41. The molecule has 2 saturated carbocycles. The summed E-state index contributed by atoms with van der Waals surface area (Å²) in [5, 5.41) is 3.58. The minimum atomic E-state index is 0.755. The summed E-state index contributed by atoms with van der Waals surface area (Å²) in [6, 6.07) is 1.73. The highest BCUT2D eigenvalue weighted by molar-refractivity contribution is 4.91. The van der Waals surface area contributed by atoms with E-state index in [9.17, 15) is 0 Å². The maximum absolute atomic E-state index is 3.58. The lowest BCUT2D eigenvalue weighted by Gasteiger charge is -2.27. The largest absolute Gasteiger partial charge is 0.314 e. The zero-order valence-electron chi connectivity index (χ0n) is 9.91. The summed E-state index contributed by atoms with van der Waals surface area (Å²) in [4.78, 5) is 2.81. The maximum atomic E-state index is 3.58. The number of nitrogens with zero attached hydrogens (tertiary/aromatic N) is 1. The van der Waals surface area contributed by atoms with Crippen LogP contribution < -0.4 is 5.32 Å². The summed E-state index contributed by atoms with van der Waals surface area (Å²) in [7, 11) is 0. The highest BCUT2D eigenvalue weighted by atomic mass is 15.2. The summed E-state index contributed by atoms with van der Waals surface area (Å²) >= 11 is 0. The molecule has 0 radical (unpaired) electrons.